The zero-order chi connectivity index (χ0) is 26.0. The summed E-state index contributed by atoms with van der Waals surface area (Å²) in [5.74, 6) is -1.97. The van der Waals surface area contributed by atoms with Crippen molar-refractivity contribution >= 4 is 16.3 Å². The highest BCUT2D eigenvalue weighted by molar-refractivity contribution is 8.30. The summed E-state index contributed by atoms with van der Waals surface area (Å²) >= 11 is 0. The van der Waals surface area contributed by atoms with Gasteiger partial charge in [-0.1, -0.05) is 90.1 Å². The summed E-state index contributed by atoms with van der Waals surface area (Å²) in [4.78, 5) is 14.4. The second-order valence-electron chi connectivity index (χ2n) is 9.54. The van der Waals surface area contributed by atoms with Crippen molar-refractivity contribution in [1.82, 2.24) is 0 Å². The summed E-state index contributed by atoms with van der Waals surface area (Å²) in [7, 11) is -3.08. The highest BCUT2D eigenvalue weighted by Gasteiger charge is 2.48. The van der Waals surface area contributed by atoms with Crippen LogP contribution in [0.15, 0.2) is 87.5 Å². The first-order valence-electron chi connectivity index (χ1n) is 11.8. The molecule has 0 fully saturated rings. The number of hydrogen-bond donors (Lipinski definition) is 0. The van der Waals surface area contributed by atoms with E-state index in [1.807, 2.05) is 27.7 Å². The first-order valence-corrected chi connectivity index (χ1v) is 13.4. The van der Waals surface area contributed by atoms with Crippen LogP contribution in [0.1, 0.15) is 76.0 Å². The van der Waals surface area contributed by atoms with Crippen molar-refractivity contribution in [3.05, 3.63) is 89.5 Å². The SMILES string of the molecule is CC(C)c1cc(C(C)C)c(S(OC(=O)C(F)(F)F)(c2ccccc2)c2ccccc2)c(C(C)C)c1. The number of rotatable bonds is 7. The second-order valence-corrected chi connectivity index (χ2v) is 12.2. The molecule has 0 N–H and O–H groups in total. The van der Waals surface area contributed by atoms with Gasteiger partial charge in [-0.15, -0.1) is 0 Å². The Labute approximate surface area is 208 Å². The molecular formula is C29H33F3O2S. The minimum Gasteiger partial charge on any atom is -0.395 e. The molecule has 3 aromatic rings. The van der Waals surface area contributed by atoms with Crippen LogP contribution in [-0.2, 0) is 8.98 Å². The molecule has 188 valence electrons. The van der Waals surface area contributed by atoms with Crippen molar-refractivity contribution in [3.8, 4) is 0 Å². The molecule has 0 heterocycles. The lowest BCUT2D eigenvalue weighted by atomic mass is 9.89. The van der Waals surface area contributed by atoms with Crippen LogP contribution in [0.25, 0.3) is 0 Å². The van der Waals surface area contributed by atoms with E-state index in [-0.39, 0.29) is 17.8 Å². The molecular weight excluding hydrogens is 469 g/mol. The van der Waals surface area contributed by atoms with Gasteiger partial charge in [0, 0.05) is 14.7 Å². The van der Waals surface area contributed by atoms with E-state index in [0.717, 1.165) is 16.7 Å². The lowest BCUT2D eigenvalue weighted by Crippen LogP contribution is -2.28. The maximum atomic E-state index is 13.8. The highest BCUT2D eigenvalue weighted by Crippen LogP contribution is 2.72. The van der Waals surface area contributed by atoms with Gasteiger partial charge in [0.25, 0.3) is 0 Å². The van der Waals surface area contributed by atoms with Gasteiger partial charge in [-0.05, 0) is 69.0 Å². The lowest BCUT2D eigenvalue weighted by Gasteiger charge is -2.43. The Balaban J connectivity index is 2.58. The number of alkyl halides is 3. The molecule has 0 saturated carbocycles. The molecule has 6 heteroatoms. The van der Waals surface area contributed by atoms with E-state index in [1.54, 1.807) is 60.7 Å². The molecule has 0 saturated heterocycles. The fraction of sp³-hybridized carbons (Fsp3) is 0.345. The van der Waals surface area contributed by atoms with Crippen LogP contribution < -0.4 is 0 Å². The molecule has 0 spiro atoms. The third kappa shape index (κ3) is 5.43. The van der Waals surface area contributed by atoms with E-state index < -0.39 is 22.5 Å². The Bertz CT molecular complexity index is 1090. The van der Waals surface area contributed by atoms with Crippen LogP contribution in [0.3, 0.4) is 0 Å². The first kappa shape index (κ1) is 26.9. The summed E-state index contributed by atoms with van der Waals surface area (Å²) in [6, 6.07) is 21.9. The van der Waals surface area contributed by atoms with Crippen LogP contribution in [0.4, 0.5) is 13.2 Å². The van der Waals surface area contributed by atoms with E-state index in [2.05, 4.69) is 26.0 Å². The highest BCUT2D eigenvalue weighted by atomic mass is 32.3. The molecule has 0 atom stereocenters. The van der Waals surface area contributed by atoms with E-state index in [9.17, 15) is 18.0 Å². The van der Waals surface area contributed by atoms with E-state index >= 15 is 0 Å². The largest absolute Gasteiger partial charge is 0.491 e. The molecule has 0 bridgehead atoms. The minimum absolute atomic E-state index is 0.00918. The molecule has 0 radical (unpaired) electrons. The van der Waals surface area contributed by atoms with Crippen LogP contribution in [-0.4, -0.2) is 12.1 Å². The lowest BCUT2D eigenvalue weighted by molar-refractivity contribution is -0.188. The second kappa shape index (κ2) is 10.5. The maximum Gasteiger partial charge on any atom is 0.491 e. The van der Waals surface area contributed by atoms with Gasteiger partial charge in [0.05, 0.1) is 0 Å². The monoisotopic (exact) mass is 502 g/mol. The smallest absolute Gasteiger partial charge is 0.395 e. The fourth-order valence-electron chi connectivity index (χ4n) is 4.12. The van der Waals surface area contributed by atoms with Gasteiger partial charge in [-0.2, -0.15) is 13.2 Å². The third-order valence-corrected chi connectivity index (χ3v) is 9.27. The first-order chi connectivity index (χ1) is 16.4. The van der Waals surface area contributed by atoms with Crippen LogP contribution in [0, 0.1) is 0 Å². The molecule has 0 aliphatic carbocycles. The number of benzene rings is 3. The van der Waals surface area contributed by atoms with Gasteiger partial charge in [-0.3, -0.25) is 0 Å². The van der Waals surface area contributed by atoms with Crippen molar-refractivity contribution in [3.63, 3.8) is 0 Å². The van der Waals surface area contributed by atoms with Crippen molar-refractivity contribution < 1.29 is 22.1 Å². The normalized spacial score (nSPS) is 12.9. The van der Waals surface area contributed by atoms with Gasteiger partial charge in [0.2, 0.25) is 0 Å². The van der Waals surface area contributed by atoms with Crippen molar-refractivity contribution in [1.29, 1.82) is 0 Å². The molecule has 0 unspecified atom stereocenters. The van der Waals surface area contributed by atoms with Crippen LogP contribution in [0.5, 0.6) is 0 Å². The van der Waals surface area contributed by atoms with Crippen molar-refractivity contribution in [2.45, 2.75) is 80.2 Å². The number of carbonyl (C=O) groups excluding carboxylic acids is 1. The molecule has 0 aliphatic heterocycles. The summed E-state index contributed by atoms with van der Waals surface area (Å²) < 4.78 is 47.0. The Hall–Kier alpha value is -2.73. The summed E-state index contributed by atoms with van der Waals surface area (Å²) in [5, 5.41) is 0. The van der Waals surface area contributed by atoms with Gasteiger partial charge >= 0.3 is 12.1 Å². The van der Waals surface area contributed by atoms with Gasteiger partial charge in [0.1, 0.15) is 0 Å². The molecule has 2 nitrogen and oxygen atoms in total. The zero-order valence-corrected chi connectivity index (χ0v) is 21.8. The summed E-state index contributed by atoms with van der Waals surface area (Å²) in [6.07, 6.45) is -5.13. The Morgan fingerprint density at radius 3 is 1.43 bits per heavy atom. The van der Waals surface area contributed by atoms with Gasteiger partial charge < -0.3 is 4.18 Å². The fourth-order valence-corrected chi connectivity index (χ4v) is 7.79. The molecule has 0 aromatic heterocycles. The van der Waals surface area contributed by atoms with Gasteiger partial charge in [-0.25, -0.2) is 4.79 Å². The van der Waals surface area contributed by atoms with Crippen LogP contribution in [0.2, 0.25) is 0 Å². The molecule has 3 rings (SSSR count). The van der Waals surface area contributed by atoms with E-state index in [4.69, 9.17) is 4.18 Å². The van der Waals surface area contributed by atoms with E-state index in [1.165, 1.54) is 0 Å². The minimum atomic E-state index is -5.13. The van der Waals surface area contributed by atoms with Crippen molar-refractivity contribution in [2.24, 2.45) is 0 Å². The summed E-state index contributed by atoms with van der Waals surface area (Å²) in [5.41, 5.74) is 2.91. The predicted octanol–water partition coefficient (Wildman–Crippen LogP) is 9.36. The predicted molar refractivity (Wildman–Crippen MR) is 136 cm³/mol. The molecule has 35 heavy (non-hydrogen) atoms. The van der Waals surface area contributed by atoms with Crippen molar-refractivity contribution in [2.75, 3.05) is 0 Å². The zero-order valence-electron chi connectivity index (χ0n) is 21.0. The average molecular weight is 503 g/mol. The Morgan fingerprint density at radius 1 is 0.714 bits per heavy atom. The molecule has 0 amide bonds. The van der Waals surface area contributed by atoms with Crippen LogP contribution >= 0.6 is 10.3 Å². The topological polar surface area (TPSA) is 26.3 Å². The molecule has 0 aliphatic rings. The number of carbonyl (C=O) groups is 1. The quantitative estimate of drug-likeness (QED) is 0.322. The molecule has 3 aromatic carbocycles. The average Bonchev–Trinajstić information content (AvgIpc) is 2.82. The summed E-state index contributed by atoms with van der Waals surface area (Å²) in [6.45, 7) is 12.3. The third-order valence-electron chi connectivity index (χ3n) is 5.95. The number of hydrogen-bond acceptors (Lipinski definition) is 2. The standard InChI is InChI=1S/C29H33F3O2S/c1-19(2)22-17-25(20(3)4)27(26(18-22)21(5)6)35(23-13-9-7-10-14-23,24-15-11-8-12-16-24)34-28(33)29(30,31)32/h7-21H,1-6H3. The van der Waals surface area contributed by atoms with Gasteiger partial charge in [0.15, 0.2) is 0 Å². The Morgan fingerprint density at radius 2 is 1.11 bits per heavy atom. The maximum absolute atomic E-state index is 13.8. The Kier molecular flexibility index (Phi) is 8.05. The van der Waals surface area contributed by atoms with E-state index in [0.29, 0.717) is 14.7 Å². The number of halogens is 3.